The largest absolute Gasteiger partial charge is 0.375 e. The van der Waals surface area contributed by atoms with Crippen LogP contribution in [-0.2, 0) is 10.4 Å². The summed E-state index contributed by atoms with van der Waals surface area (Å²) in [6.45, 7) is 2.58. The maximum Gasteiger partial charge on any atom is 0.264 e. The highest BCUT2D eigenvalue weighted by molar-refractivity contribution is 6.10. The summed E-state index contributed by atoms with van der Waals surface area (Å²) in [7, 11) is 0. The molecule has 5 heteroatoms. The van der Waals surface area contributed by atoms with Crippen molar-refractivity contribution in [1.29, 1.82) is 0 Å². The second kappa shape index (κ2) is 6.53. The van der Waals surface area contributed by atoms with Crippen LogP contribution >= 0.6 is 0 Å². The molecular weight excluding hydrogens is 304 g/mol. The normalized spacial score (nSPS) is 19.4. The predicted octanol–water partition coefficient (Wildman–Crippen LogP) is 2.69. The molecule has 2 heterocycles. The molecule has 24 heavy (non-hydrogen) atoms. The molecule has 1 atom stereocenters. The summed E-state index contributed by atoms with van der Waals surface area (Å²) < 4.78 is 0. The third-order valence-electron chi connectivity index (χ3n) is 4.34. The number of aliphatic hydroxyl groups is 1. The number of carbonyl (C=O) groups excluding carboxylic acids is 2. The molecule has 1 amide bonds. The molecule has 124 valence electrons. The van der Waals surface area contributed by atoms with E-state index in [1.807, 2.05) is 19.1 Å². The van der Waals surface area contributed by atoms with Crippen LogP contribution in [0, 0.1) is 0 Å². The maximum atomic E-state index is 12.9. The Labute approximate surface area is 140 Å². The minimum atomic E-state index is -1.82. The number of benzene rings is 1. The molecule has 0 saturated carbocycles. The molecule has 0 unspecified atom stereocenters. The Morgan fingerprint density at radius 3 is 2.67 bits per heavy atom. The Balaban J connectivity index is 1.94. The van der Waals surface area contributed by atoms with Gasteiger partial charge in [-0.25, -0.2) is 0 Å². The van der Waals surface area contributed by atoms with Gasteiger partial charge in [-0.3, -0.25) is 14.6 Å². The summed E-state index contributed by atoms with van der Waals surface area (Å²) in [5, 5.41) is 11.1. The van der Waals surface area contributed by atoms with Gasteiger partial charge in [-0.2, -0.15) is 0 Å². The molecule has 1 aromatic heterocycles. The smallest absolute Gasteiger partial charge is 0.264 e. The number of carbonyl (C=O) groups is 2. The number of rotatable bonds is 6. The topological polar surface area (TPSA) is 70.5 Å². The molecule has 3 rings (SSSR count). The first-order chi connectivity index (χ1) is 11.6. The van der Waals surface area contributed by atoms with Crippen LogP contribution in [0.3, 0.4) is 0 Å². The van der Waals surface area contributed by atoms with Crippen molar-refractivity contribution in [3.8, 4) is 0 Å². The Hall–Kier alpha value is -2.53. The van der Waals surface area contributed by atoms with E-state index >= 15 is 0 Å². The summed E-state index contributed by atoms with van der Waals surface area (Å²) in [5.41, 5.74) is -0.385. The van der Waals surface area contributed by atoms with E-state index < -0.39 is 11.5 Å². The minimum absolute atomic E-state index is 0.253. The fraction of sp³-hybridized carbons (Fsp3) is 0.316. The van der Waals surface area contributed by atoms with E-state index in [9.17, 15) is 14.7 Å². The van der Waals surface area contributed by atoms with Gasteiger partial charge in [0, 0.05) is 18.3 Å². The quantitative estimate of drug-likeness (QED) is 0.829. The van der Waals surface area contributed by atoms with Crippen LogP contribution in [0.2, 0.25) is 0 Å². The van der Waals surface area contributed by atoms with Gasteiger partial charge in [0.15, 0.2) is 11.4 Å². The second-order valence-electron chi connectivity index (χ2n) is 6.00. The van der Waals surface area contributed by atoms with Crippen LogP contribution in [0.5, 0.6) is 0 Å². The molecule has 0 spiro atoms. The average molecular weight is 324 g/mol. The van der Waals surface area contributed by atoms with E-state index in [2.05, 4.69) is 4.98 Å². The molecule has 0 bridgehead atoms. The van der Waals surface area contributed by atoms with E-state index in [1.54, 1.807) is 35.2 Å². The number of unbranched alkanes of at least 4 members (excludes halogenated alkanes) is 1. The van der Waals surface area contributed by atoms with Gasteiger partial charge < -0.3 is 10.0 Å². The zero-order chi connectivity index (χ0) is 17.2. The van der Waals surface area contributed by atoms with Crippen molar-refractivity contribution >= 4 is 17.4 Å². The zero-order valence-corrected chi connectivity index (χ0v) is 13.6. The van der Waals surface area contributed by atoms with Crippen molar-refractivity contribution in [2.45, 2.75) is 31.8 Å². The zero-order valence-electron chi connectivity index (χ0n) is 13.6. The summed E-state index contributed by atoms with van der Waals surface area (Å²) >= 11 is 0. The molecule has 1 aliphatic heterocycles. The monoisotopic (exact) mass is 324 g/mol. The number of ketones is 1. The molecule has 2 aromatic rings. The first-order valence-corrected chi connectivity index (χ1v) is 8.16. The van der Waals surface area contributed by atoms with Crippen molar-refractivity contribution in [3.63, 3.8) is 0 Å². The summed E-state index contributed by atoms with van der Waals surface area (Å²) in [6, 6.07) is 12.1. The van der Waals surface area contributed by atoms with Gasteiger partial charge in [-0.15, -0.1) is 0 Å². The number of hydrogen-bond acceptors (Lipinski definition) is 4. The number of fused-ring (bicyclic) bond motifs is 1. The van der Waals surface area contributed by atoms with Crippen molar-refractivity contribution in [3.05, 3.63) is 59.9 Å². The molecule has 1 aliphatic rings. The lowest BCUT2D eigenvalue weighted by molar-refractivity contribution is -0.135. The minimum Gasteiger partial charge on any atom is -0.375 e. The van der Waals surface area contributed by atoms with E-state index in [1.165, 1.54) is 6.20 Å². The SMILES string of the molecule is CCCCN1C(=O)[C@@](O)(CC(=O)c2ccccn2)c2ccccc21. The molecule has 1 aromatic carbocycles. The first kappa shape index (κ1) is 16.3. The Morgan fingerprint density at radius 1 is 1.21 bits per heavy atom. The average Bonchev–Trinajstić information content (AvgIpc) is 2.82. The van der Waals surface area contributed by atoms with Gasteiger partial charge >= 0.3 is 0 Å². The second-order valence-corrected chi connectivity index (χ2v) is 6.00. The lowest BCUT2D eigenvalue weighted by Gasteiger charge is -2.22. The van der Waals surface area contributed by atoms with Crippen LogP contribution in [0.1, 0.15) is 42.2 Å². The fourth-order valence-corrected chi connectivity index (χ4v) is 3.07. The summed E-state index contributed by atoms with van der Waals surface area (Å²) in [6.07, 6.45) is 3.00. The van der Waals surface area contributed by atoms with Gasteiger partial charge in [0.1, 0.15) is 5.69 Å². The predicted molar refractivity (Wildman–Crippen MR) is 90.8 cm³/mol. The molecule has 0 saturated heterocycles. The van der Waals surface area contributed by atoms with Gasteiger partial charge in [0.25, 0.3) is 5.91 Å². The van der Waals surface area contributed by atoms with Gasteiger partial charge in [0.05, 0.1) is 12.1 Å². The highest BCUT2D eigenvalue weighted by Gasteiger charge is 2.50. The Morgan fingerprint density at radius 2 is 1.96 bits per heavy atom. The highest BCUT2D eigenvalue weighted by Crippen LogP contribution is 2.42. The van der Waals surface area contributed by atoms with Crippen LogP contribution in [-0.4, -0.2) is 28.3 Å². The van der Waals surface area contributed by atoms with Crippen LogP contribution in [0.4, 0.5) is 5.69 Å². The number of anilines is 1. The number of nitrogens with zero attached hydrogens (tertiary/aromatic N) is 2. The number of Topliss-reactive ketones (excluding diaryl/α,β-unsaturated/α-hetero) is 1. The fourth-order valence-electron chi connectivity index (χ4n) is 3.07. The lowest BCUT2D eigenvalue weighted by atomic mass is 9.89. The number of pyridine rings is 1. The number of para-hydroxylation sites is 1. The standard InChI is InChI=1S/C19H20N2O3/c1-2-3-12-21-16-10-5-4-8-14(16)19(24,18(21)23)13-17(22)15-9-6-7-11-20-15/h4-11,24H,2-3,12-13H2,1H3/t19-/m1/s1. The number of amides is 1. The van der Waals surface area contributed by atoms with Crippen LogP contribution in [0.15, 0.2) is 48.7 Å². The lowest BCUT2D eigenvalue weighted by Crippen LogP contribution is -2.42. The van der Waals surface area contributed by atoms with Crippen molar-refractivity contribution in [2.24, 2.45) is 0 Å². The van der Waals surface area contributed by atoms with Crippen molar-refractivity contribution in [2.75, 3.05) is 11.4 Å². The Bertz CT molecular complexity index is 760. The molecule has 0 radical (unpaired) electrons. The third kappa shape index (κ3) is 2.71. The Kier molecular flexibility index (Phi) is 4.44. The maximum absolute atomic E-state index is 12.9. The van der Waals surface area contributed by atoms with E-state index in [0.29, 0.717) is 17.8 Å². The summed E-state index contributed by atoms with van der Waals surface area (Å²) in [5.74, 6) is -0.778. The molecule has 5 nitrogen and oxygen atoms in total. The van der Waals surface area contributed by atoms with Crippen molar-refractivity contribution in [1.82, 2.24) is 4.98 Å². The van der Waals surface area contributed by atoms with Crippen LogP contribution < -0.4 is 4.90 Å². The first-order valence-electron chi connectivity index (χ1n) is 8.16. The molecular formula is C19H20N2O3. The molecule has 0 fully saturated rings. The highest BCUT2D eigenvalue weighted by atomic mass is 16.3. The van der Waals surface area contributed by atoms with E-state index in [-0.39, 0.29) is 17.9 Å². The molecule has 1 N–H and O–H groups in total. The van der Waals surface area contributed by atoms with Crippen LogP contribution in [0.25, 0.3) is 0 Å². The van der Waals surface area contributed by atoms with E-state index in [0.717, 1.165) is 12.8 Å². The summed E-state index contributed by atoms with van der Waals surface area (Å²) in [4.78, 5) is 31.0. The van der Waals surface area contributed by atoms with Gasteiger partial charge in [-0.1, -0.05) is 37.6 Å². The molecule has 0 aliphatic carbocycles. The van der Waals surface area contributed by atoms with Crippen molar-refractivity contribution < 1.29 is 14.7 Å². The van der Waals surface area contributed by atoms with Gasteiger partial charge in [0.2, 0.25) is 0 Å². The number of hydrogen-bond donors (Lipinski definition) is 1. The van der Waals surface area contributed by atoms with E-state index in [4.69, 9.17) is 0 Å². The third-order valence-corrected chi connectivity index (χ3v) is 4.34. The number of aromatic nitrogens is 1. The van der Waals surface area contributed by atoms with Gasteiger partial charge in [-0.05, 0) is 24.6 Å².